The minimum Gasteiger partial charge on any atom is -0.497 e. The molecule has 0 saturated carbocycles. The van der Waals surface area contributed by atoms with Crippen molar-refractivity contribution in [1.29, 1.82) is 0 Å². The van der Waals surface area contributed by atoms with Crippen molar-refractivity contribution in [3.8, 4) is 16.9 Å². The first-order valence-electron chi connectivity index (χ1n) is 5.22. The fraction of sp³-hybridized carbons (Fsp3) is 0.250. The molecule has 0 spiro atoms. The lowest BCUT2D eigenvalue weighted by molar-refractivity contribution is 0.269. The van der Waals surface area contributed by atoms with Crippen molar-refractivity contribution in [3.63, 3.8) is 0 Å². The molecule has 0 amide bonds. The first-order valence-corrected chi connectivity index (χ1v) is 5.22. The van der Waals surface area contributed by atoms with Gasteiger partial charge in [-0.15, -0.1) is 0 Å². The Morgan fingerprint density at radius 2 is 2.29 bits per heavy atom. The number of ether oxygens (including phenoxy) is 1. The van der Waals surface area contributed by atoms with E-state index in [0.717, 1.165) is 0 Å². The largest absolute Gasteiger partial charge is 0.497 e. The highest BCUT2D eigenvalue weighted by atomic mass is 19.1. The van der Waals surface area contributed by atoms with Crippen LogP contribution in [0.25, 0.3) is 11.1 Å². The van der Waals surface area contributed by atoms with Crippen LogP contribution >= 0.6 is 0 Å². The van der Waals surface area contributed by atoms with E-state index in [0.29, 0.717) is 23.4 Å². The van der Waals surface area contributed by atoms with Crippen LogP contribution in [0, 0.1) is 5.82 Å². The smallest absolute Gasteiger partial charge is 0.134 e. The van der Waals surface area contributed by atoms with Gasteiger partial charge in [0.2, 0.25) is 0 Å². The molecule has 0 unspecified atom stereocenters. The molecule has 1 heterocycles. The average Bonchev–Trinajstić information content (AvgIpc) is 2.78. The highest BCUT2D eigenvalue weighted by Gasteiger charge is 2.08. The lowest BCUT2D eigenvalue weighted by atomic mass is 10.1. The van der Waals surface area contributed by atoms with E-state index in [4.69, 9.17) is 9.84 Å². The molecule has 0 saturated heterocycles. The van der Waals surface area contributed by atoms with E-state index < -0.39 is 0 Å². The maximum absolute atomic E-state index is 13.8. The summed E-state index contributed by atoms with van der Waals surface area (Å²) < 4.78 is 20.3. The van der Waals surface area contributed by atoms with Gasteiger partial charge in [0.25, 0.3) is 0 Å². The molecular formula is C12H13FN2O2. The van der Waals surface area contributed by atoms with Crippen molar-refractivity contribution >= 4 is 0 Å². The first-order chi connectivity index (χ1) is 8.24. The third kappa shape index (κ3) is 2.45. The summed E-state index contributed by atoms with van der Waals surface area (Å²) in [6, 6.07) is 4.68. The van der Waals surface area contributed by atoms with Crippen LogP contribution in [0.15, 0.2) is 30.6 Å². The molecule has 2 rings (SSSR count). The minimum absolute atomic E-state index is 0.00617. The molecule has 4 nitrogen and oxygen atoms in total. The summed E-state index contributed by atoms with van der Waals surface area (Å²) in [5, 5.41) is 12.8. The molecule has 0 fully saturated rings. The SMILES string of the molecule is COc1ccc(-c2cnn(CCO)c2)c(F)c1. The number of halogens is 1. The standard InChI is InChI=1S/C12H13FN2O2/c1-17-10-2-3-11(12(13)6-10)9-7-14-15(8-9)4-5-16/h2-3,6-8,16H,4-5H2,1H3. The van der Waals surface area contributed by atoms with Gasteiger partial charge in [0.05, 0.1) is 26.5 Å². The molecule has 1 aromatic carbocycles. The van der Waals surface area contributed by atoms with Crippen LogP contribution in [0.3, 0.4) is 0 Å². The summed E-state index contributed by atoms with van der Waals surface area (Å²) >= 11 is 0. The van der Waals surface area contributed by atoms with E-state index in [9.17, 15) is 4.39 Å². The van der Waals surface area contributed by atoms with Gasteiger partial charge in [-0.25, -0.2) is 4.39 Å². The zero-order valence-corrected chi connectivity index (χ0v) is 9.43. The van der Waals surface area contributed by atoms with Crippen molar-refractivity contribution in [3.05, 3.63) is 36.4 Å². The highest BCUT2D eigenvalue weighted by Crippen LogP contribution is 2.25. The number of nitrogens with zero attached hydrogens (tertiary/aromatic N) is 2. The van der Waals surface area contributed by atoms with Crippen molar-refractivity contribution in [2.24, 2.45) is 0 Å². The Kier molecular flexibility index (Phi) is 3.39. The molecule has 0 bridgehead atoms. The second-order valence-corrected chi connectivity index (χ2v) is 3.56. The van der Waals surface area contributed by atoms with Crippen LogP contribution in [0.2, 0.25) is 0 Å². The summed E-state index contributed by atoms with van der Waals surface area (Å²) in [4.78, 5) is 0. The number of methoxy groups -OCH3 is 1. The number of rotatable bonds is 4. The van der Waals surface area contributed by atoms with E-state index in [1.165, 1.54) is 13.2 Å². The Labute approximate surface area is 98.3 Å². The van der Waals surface area contributed by atoms with Gasteiger partial charge in [0.15, 0.2) is 0 Å². The zero-order chi connectivity index (χ0) is 12.3. The molecular weight excluding hydrogens is 223 g/mol. The maximum atomic E-state index is 13.8. The number of benzene rings is 1. The van der Waals surface area contributed by atoms with Crippen LogP contribution in [0.1, 0.15) is 0 Å². The van der Waals surface area contributed by atoms with Crippen LogP contribution in [-0.2, 0) is 6.54 Å². The van der Waals surface area contributed by atoms with E-state index in [-0.39, 0.29) is 12.4 Å². The minimum atomic E-state index is -0.354. The second kappa shape index (κ2) is 4.97. The van der Waals surface area contributed by atoms with Crippen molar-refractivity contribution in [2.75, 3.05) is 13.7 Å². The molecule has 1 aromatic heterocycles. The number of aromatic nitrogens is 2. The zero-order valence-electron chi connectivity index (χ0n) is 9.43. The summed E-state index contributed by atoms with van der Waals surface area (Å²) in [7, 11) is 1.49. The van der Waals surface area contributed by atoms with Crippen molar-refractivity contribution in [2.45, 2.75) is 6.54 Å². The number of hydrogen-bond donors (Lipinski definition) is 1. The molecule has 17 heavy (non-hydrogen) atoms. The van der Waals surface area contributed by atoms with E-state index in [1.807, 2.05) is 0 Å². The molecule has 90 valence electrons. The molecule has 0 atom stereocenters. The average molecular weight is 236 g/mol. The normalized spacial score (nSPS) is 10.5. The Balaban J connectivity index is 2.32. The summed E-state index contributed by atoms with van der Waals surface area (Å²) in [6.45, 7) is 0.407. The van der Waals surface area contributed by atoms with E-state index in [1.54, 1.807) is 29.2 Å². The maximum Gasteiger partial charge on any atom is 0.134 e. The Morgan fingerprint density at radius 1 is 1.47 bits per heavy atom. The Bertz CT molecular complexity index is 511. The highest BCUT2D eigenvalue weighted by molar-refractivity contribution is 5.63. The van der Waals surface area contributed by atoms with Gasteiger partial charge in [-0.2, -0.15) is 5.10 Å². The lowest BCUT2D eigenvalue weighted by Crippen LogP contribution is -2.01. The lowest BCUT2D eigenvalue weighted by Gasteiger charge is -2.03. The fourth-order valence-electron chi connectivity index (χ4n) is 1.58. The molecule has 0 aliphatic heterocycles. The third-order valence-electron chi connectivity index (χ3n) is 2.45. The number of aliphatic hydroxyl groups excluding tert-OH is 1. The molecule has 0 radical (unpaired) electrons. The number of hydrogen-bond acceptors (Lipinski definition) is 3. The van der Waals surface area contributed by atoms with Gasteiger partial charge in [0, 0.05) is 23.4 Å². The Morgan fingerprint density at radius 3 is 2.94 bits per heavy atom. The monoisotopic (exact) mass is 236 g/mol. The van der Waals surface area contributed by atoms with Crippen molar-refractivity contribution < 1.29 is 14.2 Å². The first kappa shape index (κ1) is 11.6. The van der Waals surface area contributed by atoms with Crippen LogP contribution in [-0.4, -0.2) is 28.6 Å². The topological polar surface area (TPSA) is 47.3 Å². The van der Waals surface area contributed by atoms with E-state index in [2.05, 4.69) is 5.10 Å². The molecule has 1 N–H and O–H groups in total. The van der Waals surface area contributed by atoms with Gasteiger partial charge < -0.3 is 9.84 Å². The van der Waals surface area contributed by atoms with Crippen LogP contribution < -0.4 is 4.74 Å². The van der Waals surface area contributed by atoms with Gasteiger partial charge in [0.1, 0.15) is 11.6 Å². The van der Waals surface area contributed by atoms with Crippen LogP contribution in [0.5, 0.6) is 5.75 Å². The third-order valence-corrected chi connectivity index (χ3v) is 2.45. The molecule has 0 aliphatic rings. The predicted molar refractivity (Wildman–Crippen MR) is 61.3 cm³/mol. The van der Waals surface area contributed by atoms with Gasteiger partial charge >= 0.3 is 0 Å². The van der Waals surface area contributed by atoms with Gasteiger partial charge in [-0.3, -0.25) is 4.68 Å². The van der Waals surface area contributed by atoms with E-state index >= 15 is 0 Å². The quantitative estimate of drug-likeness (QED) is 0.878. The summed E-state index contributed by atoms with van der Waals surface area (Å²) in [5.41, 5.74) is 1.15. The fourth-order valence-corrected chi connectivity index (χ4v) is 1.58. The van der Waals surface area contributed by atoms with Gasteiger partial charge in [-0.05, 0) is 12.1 Å². The van der Waals surface area contributed by atoms with Crippen LogP contribution in [0.4, 0.5) is 4.39 Å². The number of aliphatic hydroxyl groups is 1. The second-order valence-electron chi connectivity index (χ2n) is 3.56. The summed E-state index contributed by atoms with van der Waals surface area (Å²) in [5.74, 6) is 0.127. The van der Waals surface area contributed by atoms with Gasteiger partial charge in [-0.1, -0.05) is 0 Å². The Hall–Kier alpha value is -1.88. The molecule has 5 heteroatoms. The molecule has 2 aromatic rings. The summed E-state index contributed by atoms with van der Waals surface area (Å²) in [6.07, 6.45) is 3.27. The van der Waals surface area contributed by atoms with Crippen molar-refractivity contribution in [1.82, 2.24) is 9.78 Å². The molecule has 0 aliphatic carbocycles. The predicted octanol–water partition coefficient (Wildman–Crippen LogP) is 1.69.